The lowest BCUT2D eigenvalue weighted by Crippen LogP contribution is -2.46. The first-order valence-corrected chi connectivity index (χ1v) is 6.02. The number of phenols is 1. The number of aromatic hydroxyl groups is 1. The Balaban J connectivity index is 2.11. The maximum Gasteiger partial charge on any atom is 0.115 e. The van der Waals surface area contributed by atoms with E-state index in [9.17, 15) is 5.11 Å². The topological polar surface area (TPSA) is 32.3 Å². The van der Waals surface area contributed by atoms with Crippen molar-refractivity contribution in [1.29, 1.82) is 0 Å². The van der Waals surface area contributed by atoms with Gasteiger partial charge in [-0.2, -0.15) is 0 Å². The Morgan fingerprint density at radius 3 is 2.69 bits per heavy atom. The average molecular weight is 219 g/mol. The van der Waals surface area contributed by atoms with Gasteiger partial charge in [0.15, 0.2) is 0 Å². The van der Waals surface area contributed by atoms with Crippen molar-refractivity contribution in [2.75, 3.05) is 0 Å². The zero-order chi connectivity index (χ0) is 11.8. The molecule has 1 unspecified atom stereocenters. The minimum atomic E-state index is 0.166. The fraction of sp³-hybridized carbons (Fsp3) is 0.571. The van der Waals surface area contributed by atoms with Crippen molar-refractivity contribution in [1.82, 2.24) is 5.32 Å². The molecule has 0 amide bonds. The fourth-order valence-corrected chi connectivity index (χ4v) is 2.48. The molecule has 2 nitrogen and oxygen atoms in total. The Morgan fingerprint density at radius 2 is 2.00 bits per heavy atom. The van der Waals surface area contributed by atoms with Crippen molar-refractivity contribution in [2.24, 2.45) is 0 Å². The van der Waals surface area contributed by atoms with Gasteiger partial charge in [-0.25, -0.2) is 0 Å². The largest absolute Gasteiger partial charge is 0.508 e. The lowest BCUT2D eigenvalue weighted by Gasteiger charge is -2.32. The Hall–Kier alpha value is -1.02. The number of phenolic OH excluding ortho intramolecular Hbond substituents is 1. The molecular formula is C14H21NO. The van der Waals surface area contributed by atoms with Crippen LogP contribution in [0.5, 0.6) is 5.75 Å². The van der Waals surface area contributed by atoms with Gasteiger partial charge >= 0.3 is 0 Å². The van der Waals surface area contributed by atoms with Crippen LogP contribution in [-0.4, -0.2) is 16.7 Å². The van der Waals surface area contributed by atoms with E-state index in [2.05, 4.69) is 32.2 Å². The third-order valence-corrected chi connectivity index (χ3v) is 3.06. The first-order valence-electron chi connectivity index (χ1n) is 6.02. The highest BCUT2D eigenvalue weighted by molar-refractivity contribution is 5.37. The van der Waals surface area contributed by atoms with Crippen molar-refractivity contribution < 1.29 is 5.11 Å². The summed E-state index contributed by atoms with van der Waals surface area (Å²) < 4.78 is 0. The lowest BCUT2D eigenvalue weighted by atomic mass is 9.87. The van der Waals surface area contributed by atoms with E-state index in [-0.39, 0.29) is 5.54 Å². The summed E-state index contributed by atoms with van der Waals surface area (Å²) in [5, 5.41) is 13.1. The molecule has 0 bridgehead atoms. The monoisotopic (exact) mass is 219 g/mol. The minimum Gasteiger partial charge on any atom is -0.508 e. The van der Waals surface area contributed by atoms with Crippen LogP contribution in [0.4, 0.5) is 0 Å². The van der Waals surface area contributed by atoms with Gasteiger partial charge in [0.2, 0.25) is 0 Å². The molecule has 2 N–H and O–H groups in total. The number of benzene rings is 1. The average Bonchev–Trinajstić information content (AvgIpc) is 2.14. The highest BCUT2D eigenvalue weighted by atomic mass is 16.3. The van der Waals surface area contributed by atoms with Gasteiger partial charge in [0, 0.05) is 11.6 Å². The molecule has 2 rings (SSSR count). The molecule has 0 fully saturated rings. The summed E-state index contributed by atoms with van der Waals surface area (Å²) in [5.74, 6) is 0.384. The van der Waals surface area contributed by atoms with Gasteiger partial charge in [0.1, 0.15) is 5.75 Å². The number of fused-ring (bicyclic) bond motifs is 1. The van der Waals surface area contributed by atoms with Crippen LogP contribution in [0.3, 0.4) is 0 Å². The third-order valence-electron chi connectivity index (χ3n) is 3.06. The maximum absolute atomic E-state index is 9.49. The van der Waals surface area contributed by atoms with Crippen molar-refractivity contribution in [3.8, 4) is 5.75 Å². The zero-order valence-electron chi connectivity index (χ0n) is 10.4. The van der Waals surface area contributed by atoms with E-state index in [0.29, 0.717) is 11.8 Å². The Labute approximate surface area is 97.7 Å². The molecule has 0 aliphatic heterocycles. The molecule has 16 heavy (non-hydrogen) atoms. The highest BCUT2D eigenvalue weighted by Gasteiger charge is 2.22. The molecule has 0 radical (unpaired) electrons. The number of hydrogen-bond donors (Lipinski definition) is 2. The molecule has 1 atom stereocenters. The van der Waals surface area contributed by atoms with Gasteiger partial charge in [-0.3, -0.25) is 0 Å². The number of aryl methyl sites for hydroxylation is 1. The van der Waals surface area contributed by atoms with Gasteiger partial charge in [-0.05, 0) is 63.3 Å². The Morgan fingerprint density at radius 1 is 1.25 bits per heavy atom. The number of hydrogen-bond acceptors (Lipinski definition) is 2. The van der Waals surface area contributed by atoms with E-state index in [4.69, 9.17) is 0 Å². The van der Waals surface area contributed by atoms with Crippen molar-refractivity contribution >= 4 is 0 Å². The normalized spacial score (nSPS) is 20.6. The SMILES string of the molecule is CC(C)(C)NC1CCc2ccc(O)cc2C1. The molecule has 0 spiro atoms. The second-order valence-electron chi connectivity index (χ2n) is 5.79. The molecule has 1 aliphatic rings. The fourth-order valence-electron chi connectivity index (χ4n) is 2.48. The standard InChI is InChI=1S/C14H21NO/c1-14(2,3)15-12-6-4-10-5-7-13(16)9-11(10)8-12/h5,7,9,12,15-16H,4,6,8H2,1-3H3. The van der Waals surface area contributed by atoms with E-state index in [1.165, 1.54) is 17.5 Å². The van der Waals surface area contributed by atoms with Gasteiger partial charge < -0.3 is 10.4 Å². The molecule has 2 heteroatoms. The summed E-state index contributed by atoms with van der Waals surface area (Å²) in [6.07, 6.45) is 3.33. The summed E-state index contributed by atoms with van der Waals surface area (Å²) in [5.41, 5.74) is 2.86. The summed E-state index contributed by atoms with van der Waals surface area (Å²) in [4.78, 5) is 0. The van der Waals surface area contributed by atoms with E-state index in [0.717, 1.165) is 12.8 Å². The lowest BCUT2D eigenvalue weighted by molar-refractivity contribution is 0.335. The Kier molecular flexibility index (Phi) is 2.94. The van der Waals surface area contributed by atoms with E-state index >= 15 is 0 Å². The molecular weight excluding hydrogens is 198 g/mol. The Bertz CT molecular complexity index is 379. The quantitative estimate of drug-likeness (QED) is 0.761. The predicted octanol–water partition coefficient (Wildman–Crippen LogP) is 2.64. The van der Waals surface area contributed by atoms with Gasteiger partial charge in [-0.1, -0.05) is 6.07 Å². The van der Waals surface area contributed by atoms with Crippen LogP contribution in [0.2, 0.25) is 0 Å². The van der Waals surface area contributed by atoms with Crippen LogP contribution in [0.15, 0.2) is 18.2 Å². The van der Waals surface area contributed by atoms with E-state index in [1.807, 2.05) is 6.07 Å². The molecule has 0 heterocycles. The van der Waals surface area contributed by atoms with Gasteiger partial charge in [0.25, 0.3) is 0 Å². The van der Waals surface area contributed by atoms with E-state index < -0.39 is 0 Å². The predicted molar refractivity (Wildman–Crippen MR) is 66.8 cm³/mol. The van der Waals surface area contributed by atoms with Crippen LogP contribution in [0.1, 0.15) is 38.3 Å². The highest BCUT2D eigenvalue weighted by Crippen LogP contribution is 2.25. The molecule has 0 aromatic heterocycles. The minimum absolute atomic E-state index is 0.166. The van der Waals surface area contributed by atoms with Crippen LogP contribution < -0.4 is 5.32 Å². The summed E-state index contributed by atoms with van der Waals surface area (Å²) in [7, 11) is 0. The zero-order valence-corrected chi connectivity index (χ0v) is 10.4. The van der Waals surface area contributed by atoms with Gasteiger partial charge in [0.05, 0.1) is 0 Å². The molecule has 1 aliphatic carbocycles. The first kappa shape index (κ1) is 11.5. The first-order chi connectivity index (χ1) is 7.44. The maximum atomic E-state index is 9.49. The van der Waals surface area contributed by atoms with Crippen molar-refractivity contribution in [3.05, 3.63) is 29.3 Å². The van der Waals surface area contributed by atoms with Crippen molar-refractivity contribution in [3.63, 3.8) is 0 Å². The third kappa shape index (κ3) is 2.76. The number of rotatable bonds is 1. The van der Waals surface area contributed by atoms with Crippen molar-refractivity contribution in [2.45, 2.75) is 51.6 Å². The van der Waals surface area contributed by atoms with Crippen LogP contribution in [0.25, 0.3) is 0 Å². The van der Waals surface area contributed by atoms with Gasteiger partial charge in [-0.15, -0.1) is 0 Å². The van der Waals surface area contributed by atoms with Crippen LogP contribution in [0, 0.1) is 0 Å². The molecule has 1 aromatic carbocycles. The molecule has 0 saturated carbocycles. The number of nitrogens with one attached hydrogen (secondary N) is 1. The second kappa shape index (κ2) is 4.10. The smallest absolute Gasteiger partial charge is 0.115 e. The molecule has 1 aromatic rings. The van der Waals surface area contributed by atoms with Crippen LogP contribution >= 0.6 is 0 Å². The molecule has 0 saturated heterocycles. The summed E-state index contributed by atoms with van der Waals surface area (Å²) in [6, 6.07) is 6.29. The van der Waals surface area contributed by atoms with Crippen LogP contribution in [-0.2, 0) is 12.8 Å². The molecule has 88 valence electrons. The van der Waals surface area contributed by atoms with E-state index in [1.54, 1.807) is 6.07 Å². The summed E-state index contributed by atoms with van der Waals surface area (Å²) >= 11 is 0. The second-order valence-corrected chi connectivity index (χ2v) is 5.79. The summed E-state index contributed by atoms with van der Waals surface area (Å²) in [6.45, 7) is 6.60.